The van der Waals surface area contributed by atoms with E-state index in [1.807, 2.05) is 0 Å². The lowest BCUT2D eigenvalue weighted by atomic mass is 9.99. The van der Waals surface area contributed by atoms with E-state index in [4.69, 9.17) is 37.0 Å². The summed E-state index contributed by atoms with van der Waals surface area (Å²) < 4.78 is 68.7. The Hall–Kier alpha value is -1.94. The van der Waals surface area contributed by atoms with E-state index in [2.05, 4.69) is 55.4 Å². The SMILES string of the molecule is CCC(C)CCCCCCCCCCCCCCCCC(=O)O[C@H](COC(=O)CCCCCCCCC(C)C)COP(=O)(O)OC[C@H](O)COP(=O)(O)OC[C@@H](COC(=O)CCCCCCCCCCCCCCCCC(C)C)OC(=O)CCCCCCCCCCCCCCCCC(C)C. The summed E-state index contributed by atoms with van der Waals surface area (Å²) in [5, 5.41) is 10.6. The van der Waals surface area contributed by atoms with Crippen LogP contribution in [0.4, 0.5) is 0 Å². The number of ether oxygens (including phenoxy) is 4. The van der Waals surface area contributed by atoms with Crippen molar-refractivity contribution in [3.63, 3.8) is 0 Å². The highest BCUT2D eigenvalue weighted by Gasteiger charge is 2.30. The van der Waals surface area contributed by atoms with Crippen molar-refractivity contribution in [3.05, 3.63) is 0 Å². The molecule has 3 N–H and O–H groups in total. The van der Waals surface area contributed by atoms with Crippen LogP contribution in [0.3, 0.4) is 0 Å². The molecule has 0 saturated heterocycles. The first-order chi connectivity index (χ1) is 48.6. The fourth-order valence-corrected chi connectivity index (χ4v) is 14.2. The van der Waals surface area contributed by atoms with E-state index in [0.29, 0.717) is 31.6 Å². The Bertz CT molecular complexity index is 1970. The molecule has 3 unspecified atom stereocenters. The number of rotatable bonds is 79. The second kappa shape index (κ2) is 71.0. The number of aliphatic hydroxyl groups excluding tert-OH is 1. The lowest BCUT2D eigenvalue weighted by molar-refractivity contribution is -0.161. The van der Waals surface area contributed by atoms with Gasteiger partial charge in [0.1, 0.15) is 19.3 Å². The van der Waals surface area contributed by atoms with Crippen molar-refractivity contribution in [2.75, 3.05) is 39.6 Å². The standard InChI is InChI=1S/C82H160O17P2/c1-9-75(8)61-53-45-36-30-24-18-12-15-21-27-33-39-49-57-65-82(87)99-78(69-93-80(85)63-55-47-41-40-44-52-60-74(6)7)71-97-101(90,91)95-67-76(83)66-94-100(88,89)96-70-77(98-81(86)64-56-48-38-32-26-20-14-11-17-23-29-35-43-51-59-73(4)5)68-92-79(84)62-54-46-37-31-25-19-13-10-16-22-28-34-42-50-58-72(2)3/h72-78,83H,9-71H2,1-8H3,(H,88,89)(H,90,91)/t75?,76-,77-,78-/m1/s1. The fraction of sp³-hybridized carbons (Fsp3) is 0.951. The molecule has 17 nitrogen and oxygen atoms in total. The molecule has 0 saturated carbocycles. The zero-order chi connectivity index (χ0) is 74.6. The summed E-state index contributed by atoms with van der Waals surface area (Å²) in [6.07, 6.45) is 58.3. The second-order valence-corrected chi connectivity index (χ2v) is 34.1. The van der Waals surface area contributed by atoms with Crippen LogP contribution in [0.15, 0.2) is 0 Å². The largest absolute Gasteiger partial charge is 0.472 e. The molecule has 0 aromatic heterocycles. The zero-order valence-electron chi connectivity index (χ0n) is 66.5. The van der Waals surface area contributed by atoms with Crippen LogP contribution in [0, 0.1) is 23.7 Å². The summed E-state index contributed by atoms with van der Waals surface area (Å²) in [4.78, 5) is 73.0. The van der Waals surface area contributed by atoms with Crippen LogP contribution in [0.2, 0.25) is 0 Å². The summed E-state index contributed by atoms with van der Waals surface area (Å²) in [6, 6.07) is 0. The monoisotopic (exact) mass is 1480 g/mol. The van der Waals surface area contributed by atoms with Crippen molar-refractivity contribution in [2.45, 2.75) is 440 Å². The van der Waals surface area contributed by atoms with Gasteiger partial charge in [-0.3, -0.25) is 37.3 Å². The molecule has 6 atom stereocenters. The van der Waals surface area contributed by atoms with Crippen molar-refractivity contribution in [3.8, 4) is 0 Å². The van der Waals surface area contributed by atoms with Crippen LogP contribution >= 0.6 is 15.6 Å². The molecule has 0 aromatic rings. The number of unbranched alkanes of at least 4 members (excludes halogenated alkanes) is 44. The summed E-state index contributed by atoms with van der Waals surface area (Å²) in [7, 11) is -9.92. The van der Waals surface area contributed by atoms with E-state index in [0.717, 1.165) is 114 Å². The highest BCUT2D eigenvalue weighted by molar-refractivity contribution is 7.47. The highest BCUT2D eigenvalue weighted by Crippen LogP contribution is 2.45. The molecule has 0 fully saturated rings. The second-order valence-electron chi connectivity index (χ2n) is 31.2. The van der Waals surface area contributed by atoms with Crippen molar-refractivity contribution in [1.29, 1.82) is 0 Å². The first-order valence-corrected chi connectivity index (χ1v) is 45.2. The Morgan fingerprint density at radius 3 is 0.703 bits per heavy atom. The fourth-order valence-electron chi connectivity index (χ4n) is 12.6. The van der Waals surface area contributed by atoms with E-state index in [1.54, 1.807) is 0 Å². The Morgan fingerprint density at radius 1 is 0.277 bits per heavy atom. The van der Waals surface area contributed by atoms with E-state index >= 15 is 0 Å². The summed E-state index contributed by atoms with van der Waals surface area (Å²) in [5.74, 6) is 1.01. The first kappa shape index (κ1) is 99.1. The van der Waals surface area contributed by atoms with Gasteiger partial charge in [-0.15, -0.1) is 0 Å². The molecular formula is C82H160O17P2. The van der Waals surface area contributed by atoms with Crippen LogP contribution in [0.1, 0.15) is 421 Å². The number of aliphatic hydroxyl groups is 1. The number of hydrogen-bond acceptors (Lipinski definition) is 15. The molecule has 0 spiro atoms. The quantitative estimate of drug-likeness (QED) is 0.0222. The van der Waals surface area contributed by atoms with Gasteiger partial charge in [-0.05, 0) is 49.4 Å². The maximum Gasteiger partial charge on any atom is 0.472 e. The van der Waals surface area contributed by atoms with E-state index in [-0.39, 0.29) is 25.7 Å². The minimum atomic E-state index is -4.96. The normalized spacial score (nSPS) is 14.3. The molecule has 0 bridgehead atoms. The molecule has 19 heteroatoms. The first-order valence-electron chi connectivity index (χ1n) is 42.2. The molecule has 0 heterocycles. The maximum absolute atomic E-state index is 13.1. The average molecular weight is 1480 g/mol. The molecule has 0 rings (SSSR count). The molecule has 0 amide bonds. The lowest BCUT2D eigenvalue weighted by Crippen LogP contribution is -2.30. The van der Waals surface area contributed by atoms with Gasteiger partial charge < -0.3 is 33.8 Å². The van der Waals surface area contributed by atoms with Gasteiger partial charge in [-0.1, -0.05) is 370 Å². The van der Waals surface area contributed by atoms with Crippen LogP contribution in [0.5, 0.6) is 0 Å². The van der Waals surface area contributed by atoms with Crippen molar-refractivity contribution >= 4 is 39.5 Å². The smallest absolute Gasteiger partial charge is 0.462 e. The summed E-state index contributed by atoms with van der Waals surface area (Å²) in [6.45, 7) is 14.3. The third kappa shape index (κ3) is 74.7. The predicted octanol–water partition coefficient (Wildman–Crippen LogP) is 24.4. The van der Waals surface area contributed by atoms with Crippen LogP contribution in [-0.4, -0.2) is 96.7 Å². The molecule has 0 aliphatic heterocycles. The third-order valence-corrected chi connectivity index (χ3v) is 21.3. The number of carbonyl (C=O) groups is 4. The van der Waals surface area contributed by atoms with Gasteiger partial charge in [0.05, 0.1) is 26.4 Å². The number of esters is 4. The topological polar surface area (TPSA) is 237 Å². The molecule has 0 aromatic carbocycles. The number of hydrogen-bond donors (Lipinski definition) is 3. The van der Waals surface area contributed by atoms with E-state index < -0.39 is 97.5 Å². The van der Waals surface area contributed by atoms with Crippen molar-refractivity contribution in [1.82, 2.24) is 0 Å². The van der Waals surface area contributed by atoms with Gasteiger partial charge in [0, 0.05) is 25.7 Å². The van der Waals surface area contributed by atoms with E-state index in [9.17, 15) is 43.2 Å². The highest BCUT2D eigenvalue weighted by atomic mass is 31.2. The Morgan fingerprint density at radius 2 is 0.475 bits per heavy atom. The number of phosphoric ester groups is 2. The molecule has 0 aliphatic rings. The van der Waals surface area contributed by atoms with E-state index in [1.165, 1.54) is 218 Å². The van der Waals surface area contributed by atoms with Crippen molar-refractivity contribution < 1.29 is 80.2 Å². The van der Waals surface area contributed by atoms with Gasteiger partial charge in [-0.25, -0.2) is 9.13 Å². The Balaban J connectivity index is 5.23. The van der Waals surface area contributed by atoms with Gasteiger partial charge in [0.25, 0.3) is 0 Å². The number of carbonyl (C=O) groups excluding carboxylic acids is 4. The number of phosphoric acid groups is 2. The predicted molar refractivity (Wildman–Crippen MR) is 414 cm³/mol. The van der Waals surface area contributed by atoms with Crippen LogP contribution < -0.4 is 0 Å². The molecule has 101 heavy (non-hydrogen) atoms. The molecule has 0 radical (unpaired) electrons. The maximum atomic E-state index is 13.1. The van der Waals surface area contributed by atoms with Crippen LogP contribution in [0.25, 0.3) is 0 Å². The molecule has 600 valence electrons. The lowest BCUT2D eigenvalue weighted by Gasteiger charge is -2.21. The minimum absolute atomic E-state index is 0.106. The Labute approximate surface area is 619 Å². The summed E-state index contributed by atoms with van der Waals surface area (Å²) in [5.41, 5.74) is 0. The average Bonchev–Trinajstić information content (AvgIpc) is 0.921. The minimum Gasteiger partial charge on any atom is -0.462 e. The molecule has 0 aliphatic carbocycles. The third-order valence-electron chi connectivity index (χ3n) is 19.4. The summed E-state index contributed by atoms with van der Waals surface area (Å²) >= 11 is 0. The van der Waals surface area contributed by atoms with Crippen LogP contribution in [-0.2, 0) is 65.4 Å². The van der Waals surface area contributed by atoms with Gasteiger partial charge in [-0.2, -0.15) is 0 Å². The van der Waals surface area contributed by atoms with Crippen molar-refractivity contribution in [2.24, 2.45) is 23.7 Å². The van der Waals surface area contributed by atoms with Gasteiger partial charge >= 0.3 is 39.5 Å². The Kier molecular flexibility index (Phi) is 69.6. The zero-order valence-corrected chi connectivity index (χ0v) is 68.3. The van der Waals surface area contributed by atoms with Gasteiger partial charge in [0.2, 0.25) is 0 Å². The molecular weight excluding hydrogens is 1320 g/mol. The van der Waals surface area contributed by atoms with Gasteiger partial charge in [0.15, 0.2) is 12.2 Å².